The fraction of sp³-hybridized carbons (Fsp3) is 0.0800. The van der Waals surface area contributed by atoms with Crippen molar-refractivity contribution in [1.82, 2.24) is 0 Å². The summed E-state index contributed by atoms with van der Waals surface area (Å²) in [4.78, 5) is 2.47. The number of anilines is 3. The normalized spacial score (nSPS) is 14.4. The summed E-state index contributed by atoms with van der Waals surface area (Å²) in [5, 5.41) is 2.47. The highest BCUT2D eigenvalue weighted by molar-refractivity contribution is 5.93. The molecule has 10 rings (SSSR count). The third-order valence-corrected chi connectivity index (χ3v) is 11.5. The minimum atomic E-state index is -0.471. The summed E-state index contributed by atoms with van der Waals surface area (Å²) in [7, 11) is 0. The van der Waals surface area contributed by atoms with E-state index >= 15 is 0 Å². The van der Waals surface area contributed by atoms with Gasteiger partial charge in [0.1, 0.15) is 0 Å². The lowest BCUT2D eigenvalue weighted by molar-refractivity contribution is 0.660. The molecule has 0 unspecified atom stereocenters. The van der Waals surface area contributed by atoms with Gasteiger partial charge in [0, 0.05) is 22.5 Å². The summed E-state index contributed by atoms with van der Waals surface area (Å²) in [6, 6.07) is 69.8. The van der Waals surface area contributed by atoms with Crippen molar-refractivity contribution in [2.24, 2.45) is 0 Å². The van der Waals surface area contributed by atoms with Crippen LogP contribution in [0.1, 0.15) is 47.2 Å². The van der Waals surface area contributed by atoms with E-state index in [1.54, 1.807) is 0 Å². The van der Waals surface area contributed by atoms with Crippen molar-refractivity contribution in [2.75, 3.05) is 4.90 Å². The fourth-order valence-corrected chi connectivity index (χ4v) is 9.17. The van der Waals surface area contributed by atoms with Crippen LogP contribution in [-0.2, 0) is 10.8 Å². The van der Waals surface area contributed by atoms with Crippen LogP contribution in [-0.4, -0.2) is 0 Å². The van der Waals surface area contributed by atoms with Gasteiger partial charge in [0.25, 0.3) is 0 Å². The molecule has 1 nitrogen and oxygen atoms in total. The second kappa shape index (κ2) is 11.2. The van der Waals surface area contributed by atoms with Gasteiger partial charge >= 0.3 is 0 Å². The molecule has 8 aromatic carbocycles. The van der Waals surface area contributed by atoms with Crippen LogP contribution in [0.25, 0.3) is 33.0 Å². The summed E-state index contributed by atoms with van der Waals surface area (Å²) in [6.07, 6.45) is 0. The monoisotopic (exact) mass is 651 g/mol. The third-order valence-electron chi connectivity index (χ3n) is 11.5. The van der Waals surface area contributed by atoms with Gasteiger partial charge in [-0.1, -0.05) is 166 Å². The molecule has 0 aromatic heterocycles. The standard InChI is InChI=1S/C50H37N/c1-49(2)45-23-13-11-21-41(45)43-29-27-39(32-47(43)49)51(38-26-25-34-15-9-10-16-35(34)31-38)40-28-30-44-42-22-12-14-24-46(42)50(48(44)33-40,36-17-5-3-6-18-36)37-19-7-4-8-20-37/h3-33H,1-2H3. The van der Waals surface area contributed by atoms with E-state index in [4.69, 9.17) is 0 Å². The summed E-state index contributed by atoms with van der Waals surface area (Å²) >= 11 is 0. The zero-order chi connectivity index (χ0) is 34.2. The van der Waals surface area contributed by atoms with Crippen molar-refractivity contribution in [3.05, 3.63) is 221 Å². The first-order valence-electron chi connectivity index (χ1n) is 17.9. The van der Waals surface area contributed by atoms with Gasteiger partial charge in [-0.25, -0.2) is 0 Å². The zero-order valence-electron chi connectivity index (χ0n) is 28.8. The van der Waals surface area contributed by atoms with E-state index < -0.39 is 5.41 Å². The summed E-state index contributed by atoms with van der Waals surface area (Å²) in [5.41, 5.74) is 16.0. The van der Waals surface area contributed by atoms with Crippen LogP contribution in [0.3, 0.4) is 0 Å². The Morgan fingerprint density at radius 1 is 0.333 bits per heavy atom. The van der Waals surface area contributed by atoms with Crippen LogP contribution < -0.4 is 4.90 Å². The van der Waals surface area contributed by atoms with Crippen LogP contribution >= 0.6 is 0 Å². The van der Waals surface area contributed by atoms with Gasteiger partial charge in [-0.3, -0.25) is 0 Å². The summed E-state index contributed by atoms with van der Waals surface area (Å²) in [5.74, 6) is 0. The molecular formula is C50H37N. The topological polar surface area (TPSA) is 3.24 Å². The predicted molar refractivity (Wildman–Crippen MR) is 213 cm³/mol. The average Bonchev–Trinajstić information content (AvgIpc) is 3.61. The van der Waals surface area contributed by atoms with Crippen molar-refractivity contribution in [2.45, 2.75) is 24.7 Å². The number of benzene rings is 8. The molecule has 0 N–H and O–H groups in total. The van der Waals surface area contributed by atoms with Gasteiger partial charge in [0.15, 0.2) is 0 Å². The summed E-state index contributed by atoms with van der Waals surface area (Å²) < 4.78 is 0. The molecule has 0 heterocycles. The smallest absolute Gasteiger partial charge is 0.0714 e. The molecule has 8 aromatic rings. The quantitative estimate of drug-likeness (QED) is 0.179. The second-order valence-corrected chi connectivity index (χ2v) is 14.5. The van der Waals surface area contributed by atoms with Gasteiger partial charge in [0.2, 0.25) is 0 Å². The Balaban J connectivity index is 1.25. The second-order valence-electron chi connectivity index (χ2n) is 14.5. The van der Waals surface area contributed by atoms with E-state index in [1.165, 1.54) is 66.4 Å². The molecule has 2 aliphatic carbocycles. The predicted octanol–water partition coefficient (Wildman–Crippen LogP) is 13.0. The van der Waals surface area contributed by atoms with E-state index in [-0.39, 0.29) is 5.41 Å². The third kappa shape index (κ3) is 4.28. The maximum absolute atomic E-state index is 2.47. The Morgan fingerprint density at radius 3 is 1.45 bits per heavy atom. The number of fused-ring (bicyclic) bond motifs is 7. The van der Waals surface area contributed by atoms with Crippen LogP contribution in [0.15, 0.2) is 188 Å². The minimum absolute atomic E-state index is 0.105. The first-order chi connectivity index (χ1) is 25.0. The van der Waals surface area contributed by atoms with Crippen molar-refractivity contribution in [3.63, 3.8) is 0 Å². The van der Waals surface area contributed by atoms with Crippen LogP contribution in [0.4, 0.5) is 17.1 Å². The number of rotatable bonds is 5. The van der Waals surface area contributed by atoms with Crippen LogP contribution in [0.5, 0.6) is 0 Å². The largest absolute Gasteiger partial charge is 0.310 e. The molecule has 0 aliphatic heterocycles. The SMILES string of the molecule is CC1(C)c2ccccc2-c2ccc(N(c3ccc4c(c3)C(c3ccccc3)(c3ccccc3)c3ccccc3-4)c3ccc4ccccc4c3)cc21. The first-order valence-corrected chi connectivity index (χ1v) is 17.9. The van der Waals surface area contributed by atoms with Gasteiger partial charge in [-0.05, 0) is 103 Å². The molecule has 0 spiro atoms. The van der Waals surface area contributed by atoms with E-state index in [2.05, 4.69) is 207 Å². The Bertz CT molecular complexity index is 2570. The Morgan fingerprint density at radius 2 is 0.784 bits per heavy atom. The van der Waals surface area contributed by atoms with Crippen molar-refractivity contribution in [1.29, 1.82) is 0 Å². The maximum Gasteiger partial charge on any atom is 0.0714 e. The molecular weight excluding hydrogens is 615 g/mol. The Kier molecular flexibility index (Phi) is 6.51. The molecule has 0 saturated carbocycles. The molecule has 0 fully saturated rings. The zero-order valence-corrected chi connectivity index (χ0v) is 28.8. The molecule has 0 amide bonds. The molecule has 242 valence electrons. The first kappa shape index (κ1) is 29.7. The lowest BCUT2D eigenvalue weighted by atomic mass is 9.67. The average molecular weight is 652 g/mol. The summed E-state index contributed by atoms with van der Waals surface area (Å²) in [6.45, 7) is 4.73. The Labute approximate surface area is 300 Å². The van der Waals surface area contributed by atoms with Gasteiger partial charge in [0.05, 0.1) is 5.41 Å². The van der Waals surface area contributed by atoms with Crippen molar-refractivity contribution >= 4 is 27.8 Å². The molecule has 0 atom stereocenters. The lowest BCUT2D eigenvalue weighted by Crippen LogP contribution is -2.28. The minimum Gasteiger partial charge on any atom is -0.310 e. The lowest BCUT2D eigenvalue weighted by Gasteiger charge is -2.35. The molecule has 0 bridgehead atoms. The highest BCUT2D eigenvalue weighted by Crippen LogP contribution is 2.57. The van der Waals surface area contributed by atoms with Crippen LogP contribution in [0, 0.1) is 0 Å². The molecule has 0 radical (unpaired) electrons. The van der Waals surface area contributed by atoms with E-state index in [1.807, 2.05) is 0 Å². The van der Waals surface area contributed by atoms with E-state index in [0.717, 1.165) is 17.1 Å². The number of hydrogen-bond acceptors (Lipinski definition) is 1. The maximum atomic E-state index is 2.47. The number of nitrogens with zero attached hydrogens (tertiary/aromatic N) is 1. The fourth-order valence-electron chi connectivity index (χ4n) is 9.17. The highest BCUT2D eigenvalue weighted by atomic mass is 15.1. The number of hydrogen-bond donors (Lipinski definition) is 0. The Hall–Kier alpha value is -6.18. The van der Waals surface area contributed by atoms with Crippen molar-refractivity contribution < 1.29 is 0 Å². The highest BCUT2D eigenvalue weighted by Gasteiger charge is 2.46. The molecule has 0 saturated heterocycles. The van der Waals surface area contributed by atoms with Gasteiger partial charge in [-0.2, -0.15) is 0 Å². The van der Waals surface area contributed by atoms with Crippen molar-refractivity contribution in [3.8, 4) is 22.3 Å². The van der Waals surface area contributed by atoms with E-state index in [9.17, 15) is 0 Å². The van der Waals surface area contributed by atoms with Gasteiger partial charge < -0.3 is 4.90 Å². The van der Waals surface area contributed by atoms with Gasteiger partial charge in [-0.15, -0.1) is 0 Å². The molecule has 51 heavy (non-hydrogen) atoms. The van der Waals surface area contributed by atoms with E-state index in [0.29, 0.717) is 0 Å². The molecule has 2 aliphatic rings. The van der Waals surface area contributed by atoms with Crippen LogP contribution in [0.2, 0.25) is 0 Å². The molecule has 1 heteroatoms.